The van der Waals surface area contributed by atoms with Crippen LogP contribution in [0.5, 0.6) is 17.2 Å². The van der Waals surface area contributed by atoms with Crippen LogP contribution >= 0.6 is 31.9 Å². The van der Waals surface area contributed by atoms with Gasteiger partial charge in [-0.1, -0.05) is 34.1 Å². The monoisotopic (exact) mass is 370 g/mol. The highest BCUT2D eigenvalue weighted by atomic mass is 79.9. The molecule has 0 aliphatic heterocycles. The van der Waals surface area contributed by atoms with Crippen molar-refractivity contribution >= 4 is 31.9 Å². The molecule has 18 heavy (non-hydrogen) atoms. The number of ether oxygens (including phenoxy) is 2. The molecule has 0 bridgehead atoms. The van der Waals surface area contributed by atoms with Crippen molar-refractivity contribution < 1.29 is 9.47 Å². The van der Waals surface area contributed by atoms with E-state index in [4.69, 9.17) is 9.47 Å². The zero-order valence-corrected chi connectivity index (χ0v) is 13.0. The summed E-state index contributed by atoms with van der Waals surface area (Å²) in [6.45, 7) is 0. The summed E-state index contributed by atoms with van der Waals surface area (Å²) in [5, 5.41) is 0.761. The number of hydrogen-bond donors (Lipinski definition) is 0. The summed E-state index contributed by atoms with van der Waals surface area (Å²) in [6.07, 6.45) is 0. The second kappa shape index (κ2) is 6.25. The van der Waals surface area contributed by atoms with E-state index >= 15 is 0 Å². The van der Waals surface area contributed by atoms with Crippen LogP contribution in [0.4, 0.5) is 0 Å². The highest BCUT2D eigenvalue weighted by Gasteiger charge is 2.07. The van der Waals surface area contributed by atoms with Gasteiger partial charge in [0.2, 0.25) is 0 Å². The lowest BCUT2D eigenvalue weighted by Crippen LogP contribution is -1.90. The second-order valence-electron chi connectivity index (χ2n) is 3.64. The van der Waals surface area contributed by atoms with Crippen LogP contribution in [0.1, 0.15) is 5.56 Å². The summed E-state index contributed by atoms with van der Waals surface area (Å²) in [6, 6.07) is 13.6. The Morgan fingerprint density at radius 1 is 1.06 bits per heavy atom. The molecule has 0 N–H and O–H groups in total. The third kappa shape index (κ3) is 3.06. The van der Waals surface area contributed by atoms with Crippen molar-refractivity contribution in [2.24, 2.45) is 0 Å². The molecule has 0 heterocycles. The fourth-order valence-electron chi connectivity index (χ4n) is 1.52. The lowest BCUT2D eigenvalue weighted by atomic mass is 10.2. The van der Waals surface area contributed by atoms with E-state index in [0.717, 1.165) is 32.6 Å². The molecular weight excluding hydrogens is 360 g/mol. The maximum absolute atomic E-state index is 5.90. The van der Waals surface area contributed by atoms with Crippen molar-refractivity contribution in [1.29, 1.82) is 0 Å². The Kier molecular flexibility index (Phi) is 4.66. The Morgan fingerprint density at radius 2 is 1.83 bits per heavy atom. The summed E-state index contributed by atoms with van der Waals surface area (Å²) >= 11 is 6.93. The Labute approximate surface area is 123 Å². The minimum atomic E-state index is 0.761. The maximum atomic E-state index is 5.90. The molecule has 0 aromatic heterocycles. The molecule has 0 spiro atoms. The molecular formula is C14H12Br2O2. The van der Waals surface area contributed by atoms with Gasteiger partial charge in [-0.25, -0.2) is 0 Å². The van der Waals surface area contributed by atoms with Gasteiger partial charge < -0.3 is 9.47 Å². The average molecular weight is 372 g/mol. The molecule has 2 nitrogen and oxygen atoms in total. The number of halogens is 2. The van der Waals surface area contributed by atoms with Crippen molar-refractivity contribution in [2.75, 3.05) is 7.11 Å². The molecule has 0 fully saturated rings. The summed E-state index contributed by atoms with van der Waals surface area (Å²) in [4.78, 5) is 0. The summed E-state index contributed by atoms with van der Waals surface area (Å²) in [7, 11) is 1.64. The van der Waals surface area contributed by atoms with E-state index in [-0.39, 0.29) is 0 Å². The predicted molar refractivity (Wildman–Crippen MR) is 79.8 cm³/mol. The van der Waals surface area contributed by atoms with Crippen LogP contribution in [0.25, 0.3) is 0 Å². The first-order chi connectivity index (χ1) is 8.74. The van der Waals surface area contributed by atoms with Crippen LogP contribution in [0, 0.1) is 0 Å². The largest absolute Gasteiger partial charge is 0.497 e. The van der Waals surface area contributed by atoms with Gasteiger partial charge in [-0.3, -0.25) is 0 Å². The van der Waals surface area contributed by atoms with E-state index in [1.807, 2.05) is 42.5 Å². The normalized spacial score (nSPS) is 10.2. The molecule has 0 aliphatic carbocycles. The maximum Gasteiger partial charge on any atom is 0.141 e. The first-order valence-corrected chi connectivity index (χ1v) is 7.31. The molecule has 2 aromatic rings. The Hall–Kier alpha value is -1.000. The van der Waals surface area contributed by atoms with Crippen LogP contribution in [0.15, 0.2) is 46.9 Å². The minimum absolute atomic E-state index is 0.761. The molecule has 0 aliphatic rings. The minimum Gasteiger partial charge on any atom is -0.497 e. The first-order valence-electron chi connectivity index (χ1n) is 5.40. The molecule has 0 saturated carbocycles. The van der Waals surface area contributed by atoms with Crippen molar-refractivity contribution in [3.8, 4) is 17.2 Å². The van der Waals surface area contributed by atoms with Crippen molar-refractivity contribution in [1.82, 2.24) is 0 Å². The summed E-state index contributed by atoms with van der Waals surface area (Å²) < 4.78 is 11.9. The topological polar surface area (TPSA) is 18.5 Å². The fourth-order valence-corrected chi connectivity index (χ4v) is 2.43. The van der Waals surface area contributed by atoms with Gasteiger partial charge >= 0.3 is 0 Å². The van der Waals surface area contributed by atoms with Crippen LogP contribution in [0.2, 0.25) is 0 Å². The van der Waals surface area contributed by atoms with E-state index in [1.165, 1.54) is 0 Å². The Morgan fingerprint density at radius 3 is 2.50 bits per heavy atom. The third-order valence-corrected chi connectivity index (χ3v) is 3.70. The molecule has 0 radical (unpaired) electrons. The van der Waals surface area contributed by atoms with Crippen molar-refractivity contribution in [3.05, 3.63) is 52.5 Å². The Bertz CT molecular complexity index is 541. The first kappa shape index (κ1) is 13.4. The highest BCUT2D eigenvalue weighted by molar-refractivity contribution is 9.10. The Balaban J connectivity index is 2.28. The molecule has 2 rings (SSSR count). The van der Waals surface area contributed by atoms with E-state index in [1.54, 1.807) is 7.11 Å². The molecule has 0 amide bonds. The molecule has 0 atom stereocenters. The fraction of sp³-hybridized carbons (Fsp3) is 0.143. The van der Waals surface area contributed by atoms with E-state index in [2.05, 4.69) is 31.9 Å². The van der Waals surface area contributed by atoms with E-state index < -0.39 is 0 Å². The molecule has 0 unspecified atom stereocenters. The van der Waals surface area contributed by atoms with Crippen LogP contribution in [-0.4, -0.2) is 7.11 Å². The molecule has 4 heteroatoms. The van der Waals surface area contributed by atoms with E-state index in [0.29, 0.717) is 0 Å². The van der Waals surface area contributed by atoms with Gasteiger partial charge in [0.15, 0.2) is 0 Å². The summed E-state index contributed by atoms with van der Waals surface area (Å²) in [5.41, 5.74) is 1.11. The predicted octanol–water partition coefficient (Wildman–Crippen LogP) is 5.14. The molecule has 2 aromatic carbocycles. The van der Waals surface area contributed by atoms with E-state index in [9.17, 15) is 0 Å². The van der Waals surface area contributed by atoms with Gasteiger partial charge in [-0.15, -0.1) is 0 Å². The van der Waals surface area contributed by atoms with Gasteiger partial charge in [-0.2, -0.15) is 0 Å². The summed E-state index contributed by atoms with van der Waals surface area (Å²) in [5.74, 6) is 2.41. The number of rotatable bonds is 4. The second-order valence-corrected chi connectivity index (χ2v) is 5.05. The lowest BCUT2D eigenvalue weighted by molar-refractivity contribution is 0.412. The number of alkyl halides is 1. The number of para-hydroxylation sites is 1. The zero-order chi connectivity index (χ0) is 13.0. The molecule has 94 valence electrons. The third-order valence-electron chi connectivity index (χ3n) is 2.48. The highest BCUT2D eigenvalue weighted by Crippen LogP contribution is 2.34. The van der Waals surface area contributed by atoms with Crippen LogP contribution < -0.4 is 9.47 Å². The van der Waals surface area contributed by atoms with Gasteiger partial charge in [0.25, 0.3) is 0 Å². The van der Waals surface area contributed by atoms with Gasteiger partial charge in [0.1, 0.15) is 17.2 Å². The van der Waals surface area contributed by atoms with Gasteiger partial charge in [0.05, 0.1) is 11.6 Å². The quantitative estimate of drug-likeness (QED) is 0.692. The SMILES string of the molecule is COc1ccc(Oc2ccccc2CBr)c(Br)c1. The van der Waals surface area contributed by atoms with Crippen molar-refractivity contribution in [2.45, 2.75) is 5.33 Å². The number of benzene rings is 2. The van der Waals surface area contributed by atoms with Crippen LogP contribution in [-0.2, 0) is 5.33 Å². The molecule has 0 saturated heterocycles. The average Bonchev–Trinajstić information content (AvgIpc) is 2.41. The number of methoxy groups -OCH3 is 1. The lowest BCUT2D eigenvalue weighted by Gasteiger charge is -2.11. The smallest absolute Gasteiger partial charge is 0.141 e. The zero-order valence-electron chi connectivity index (χ0n) is 9.82. The van der Waals surface area contributed by atoms with Gasteiger partial charge in [-0.05, 0) is 40.2 Å². The van der Waals surface area contributed by atoms with Crippen LogP contribution in [0.3, 0.4) is 0 Å². The van der Waals surface area contributed by atoms with Gasteiger partial charge in [0, 0.05) is 10.9 Å². The van der Waals surface area contributed by atoms with Crippen molar-refractivity contribution in [3.63, 3.8) is 0 Å². The number of hydrogen-bond acceptors (Lipinski definition) is 2. The standard InChI is InChI=1S/C14H12Br2O2/c1-17-11-6-7-14(12(16)8-11)18-13-5-3-2-4-10(13)9-15/h2-8H,9H2,1H3.